The minimum Gasteiger partial charge on any atom is -0.274 e. The molecule has 2 aliphatic rings. The molecule has 0 spiro atoms. The van der Waals surface area contributed by atoms with Gasteiger partial charge in [0.05, 0.1) is 21.8 Å². The van der Waals surface area contributed by atoms with Gasteiger partial charge in [-0.2, -0.15) is 0 Å². The highest BCUT2D eigenvalue weighted by atomic mass is 14.9. The van der Waals surface area contributed by atoms with Crippen molar-refractivity contribution in [2.75, 3.05) is 0 Å². The summed E-state index contributed by atoms with van der Waals surface area (Å²) in [6.45, 7) is 4.56. The first-order valence-corrected chi connectivity index (χ1v) is 11.5. The minimum atomic E-state index is -0.132. The van der Waals surface area contributed by atoms with E-state index in [0.717, 1.165) is 30.0 Å². The highest BCUT2D eigenvalue weighted by molar-refractivity contribution is 5.48. The van der Waals surface area contributed by atoms with E-state index in [1.165, 1.54) is 49.0 Å². The summed E-state index contributed by atoms with van der Waals surface area (Å²) in [6, 6.07) is 17.2. The van der Waals surface area contributed by atoms with Crippen LogP contribution < -0.4 is 21.2 Å². The molecule has 2 aromatic carbocycles. The van der Waals surface area contributed by atoms with Gasteiger partial charge in [-0.3, -0.25) is 9.98 Å². The van der Waals surface area contributed by atoms with E-state index in [4.69, 9.17) is 9.98 Å². The molecule has 0 radical (unpaired) electrons. The van der Waals surface area contributed by atoms with Crippen LogP contribution in [0.1, 0.15) is 71.6 Å². The summed E-state index contributed by atoms with van der Waals surface area (Å²) in [5.74, 6) is 0. The monoisotopic (exact) mass is 386 g/mol. The van der Waals surface area contributed by atoms with Gasteiger partial charge >= 0.3 is 0 Å². The Balaban J connectivity index is 1.72. The number of nitrogens with zero attached hydrogens (tertiary/aromatic N) is 2. The number of hydrogen-bond acceptors (Lipinski definition) is 2. The van der Waals surface area contributed by atoms with Gasteiger partial charge in [-0.15, -0.1) is 0 Å². The topological polar surface area (TPSA) is 24.7 Å². The Bertz CT molecular complexity index is 923. The molecule has 2 unspecified atom stereocenters. The molecule has 0 saturated carbocycles. The van der Waals surface area contributed by atoms with Crippen LogP contribution in [-0.2, 0) is 0 Å². The second kappa shape index (κ2) is 8.65. The predicted molar refractivity (Wildman–Crippen MR) is 122 cm³/mol. The van der Waals surface area contributed by atoms with Gasteiger partial charge in [0, 0.05) is 6.42 Å². The molecule has 2 heterocycles. The molecule has 2 atom stereocenters. The van der Waals surface area contributed by atoms with Crippen molar-refractivity contribution in [2.45, 2.75) is 82.7 Å². The summed E-state index contributed by atoms with van der Waals surface area (Å²) in [4.78, 5) is 10.6. The maximum atomic E-state index is 5.32. The van der Waals surface area contributed by atoms with Gasteiger partial charge in [0.1, 0.15) is 0 Å². The fourth-order valence-electron chi connectivity index (χ4n) is 5.05. The Morgan fingerprint density at radius 2 is 1.07 bits per heavy atom. The summed E-state index contributed by atoms with van der Waals surface area (Å²) in [5, 5.41) is 4.90. The molecule has 2 heteroatoms. The molecule has 2 aromatic rings. The number of fused-ring (bicyclic) bond motifs is 2. The number of para-hydroxylation sites is 2. The lowest BCUT2D eigenvalue weighted by Crippen LogP contribution is -2.36. The summed E-state index contributed by atoms with van der Waals surface area (Å²) in [6.07, 6.45) is 15.6. The number of rotatable bonds is 10. The molecular weight excluding hydrogens is 352 g/mol. The number of benzene rings is 2. The fourth-order valence-corrected chi connectivity index (χ4v) is 5.05. The standard InChI is InChI=1S/C27H34N2/c1-3-5-11-17-26(19-22-13-7-9-15-24(22)28-26)21-27(18-12-6-4-2)20-23-14-8-10-16-25(23)29-27/h7-10,13-16,19-20H,3-6,11-12,17-18,21H2,1-2H3. The molecule has 152 valence electrons. The van der Waals surface area contributed by atoms with Crippen LogP contribution in [0.2, 0.25) is 0 Å². The van der Waals surface area contributed by atoms with Crippen molar-refractivity contribution in [1.29, 1.82) is 0 Å². The van der Waals surface area contributed by atoms with Crippen LogP contribution in [0.15, 0.2) is 58.5 Å². The zero-order valence-electron chi connectivity index (χ0n) is 18.0. The van der Waals surface area contributed by atoms with Gasteiger partial charge in [-0.1, -0.05) is 88.8 Å². The lowest BCUT2D eigenvalue weighted by molar-refractivity contribution is 0.350. The van der Waals surface area contributed by atoms with Gasteiger partial charge in [0.25, 0.3) is 0 Å². The maximum Gasteiger partial charge on any atom is 0.0830 e. The average molecular weight is 387 g/mol. The highest BCUT2D eigenvalue weighted by Gasteiger charge is 2.40. The van der Waals surface area contributed by atoms with Crippen molar-refractivity contribution >= 4 is 12.2 Å². The molecule has 0 N–H and O–H groups in total. The Morgan fingerprint density at radius 1 is 0.621 bits per heavy atom. The Kier molecular flexibility index (Phi) is 5.99. The molecule has 0 saturated heterocycles. The third-order valence-electron chi connectivity index (χ3n) is 6.45. The Hall–Kier alpha value is -2.22. The second-order valence-electron chi connectivity index (χ2n) is 8.93. The molecule has 4 rings (SSSR count). The zero-order valence-corrected chi connectivity index (χ0v) is 18.0. The molecule has 0 bridgehead atoms. The zero-order chi connectivity index (χ0) is 20.2. The first kappa shape index (κ1) is 20.1. The third-order valence-corrected chi connectivity index (χ3v) is 6.45. The third kappa shape index (κ3) is 4.37. The molecule has 2 nitrogen and oxygen atoms in total. The van der Waals surface area contributed by atoms with Gasteiger partial charge in [0.15, 0.2) is 0 Å². The number of unbranched alkanes of at least 4 members (excludes halogenated alkanes) is 4. The summed E-state index contributed by atoms with van der Waals surface area (Å²) < 4.78 is 0. The van der Waals surface area contributed by atoms with Crippen molar-refractivity contribution in [1.82, 2.24) is 0 Å². The van der Waals surface area contributed by atoms with Crippen LogP contribution in [0, 0.1) is 0 Å². The van der Waals surface area contributed by atoms with Crippen LogP contribution in [0.4, 0.5) is 0 Å². The molecule has 29 heavy (non-hydrogen) atoms. The quantitative estimate of drug-likeness (QED) is 0.546. The van der Waals surface area contributed by atoms with E-state index in [1.54, 1.807) is 0 Å². The lowest BCUT2D eigenvalue weighted by atomic mass is 9.77. The van der Waals surface area contributed by atoms with Gasteiger partial charge in [-0.25, -0.2) is 0 Å². The van der Waals surface area contributed by atoms with Crippen LogP contribution >= 0.6 is 0 Å². The van der Waals surface area contributed by atoms with Gasteiger partial charge in [-0.05, 0) is 47.6 Å². The van der Waals surface area contributed by atoms with Crippen molar-refractivity contribution < 1.29 is 0 Å². The predicted octanol–water partition coefficient (Wildman–Crippen LogP) is 4.24. The van der Waals surface area contributed by atoms with Gasteiger partial charge in [0.2, 0.25) is 0 Å². The van der Waals surface area contributed by atoms with Crippen LogP contribution in [0.3, 0.4) is 0 Å². The summed E-state index contributed by atoms with van der Waals surface area (Å²) >= 11 is 0. The van der Waals surface area contributed by atoms with E-state index in [9.17, 15) is 0 Å². The summed E-state index contributed by atoms with van der Waals surface area (Å²) in [7, 11) is 0. The van der Waals surface area contributed by atoms with E-state index in [1.807, 2.05) is 0 Å². The van der Waals surface area contributed by atoms with E-state index < -0.39 is 0 Å². The molecular formula is C27H34N2. The Morgan fingerprint density at radius 3 is 1.48 bits per heavy atom. The normalized spacial score (nSPS) is 24.1. The van der Waals surface area contributed by atoms with E-state index in [2.05, 4.69) is 74.5 Å². The van der Waals surface area contributed by atoms with E-state index >= 15 is 0 Å². The van der Waals surface area contributed by atoms with E-state index in [0.29, 0.717) is 0 Å². The minimum absolute atomic E-state index is 0.132. The number of hydrogen-bond donors (Lipinski definition) is 0. The van der Waals surface area contributed by atoms with Crippen molar-refractivity contribution in [3.63, 3.8) is 0 Å². The van der Waals surface area contributed by atoms with Crippen LogP contribution in [0.5, 0.6) is 0 Å². The van der Waals surface area contributed by atoms with Crippen LogP contribution in [0.25, 0.3) is 12.2 Å². The average Bonchev–Trinajstić information content (AvgIpc) is 3.26. The summed E-state index contributed by atoms with van der Waals surface area (Å²) in [5.41, 5.74) is -0.264. The molecule has 0 aromatic heterocycles. The molecule has 0 aliphatic carbocycles. The fraction of sp³-hybridized carbons (Fsp3) is 0.481. The largest absolute Gasteiger partial charge is 0.274 e. The Labute approximate surface area is 174 Å². The van der Waals surface area contributed by atoms with Crippen molar-refractivity contribution in [2.24, 2.45) is 9.98 Å². The smallest absolute Gasteiger partial charge is 0.0830 e. The maximum absolute atomic E-state index is 5.32. The van der Waals surface area contributed by atoms with E-state index in [-0.39, 0.29) is 11.1 Å². The first-order valence-electron chi connectivity index (χ1n) is 11.5. The SMILES string of the molecule is CCCCCC1(CC2(CCCCC)C=c3ccccc3=N2)C=c2ccccc2=N1. The lowest BCUT2D eigenvalue weighted by Gasteiger charge is -2.34. The van der Waals surface area contributed by atoms with Crippen molar-refractivity contribution in [3.05, 3.63) is 69.7 Å². The van der Waals surface area contributed by atoms with Crippen LogP contribution in [-0.4, -0.2) is 11.1 Å². The van der Waals surface area contributed by atoms with Crippen molar-refractivity contribution in [3.8, 4) is 0 Å². The highest BCUT2D eigenvalue weighted by Crippen LogP contribution is 2.38. The molecule has 0 amide bonds. The molecule has 2 aliphatic heterocycles. The first-order chi connectivity index (χ1) is 14.2. The molecule has 0 fully saturated rings. The second-order valence-corrected chi connectivity index (χ2v) is 8.93. The van der Waals surface area contributed by atoms with Gasteiger partial charge < -0.3 is 0 Å².